The van der Waals surface area contributed by atoms with Gasteiger partial charge in [-0.25, -0.2) is 17.9 Å². The lowest BCUT2D eigenvalue weighted by Gasteiger charge is -2.28. The standard InChI is InChI=1S/C24H23N5O4S/c1-17(30)27-13-5-7-19-15-21(10-11-22(19)27)34(32,33)26-20-8-4-6-18(14-20)16-29-24(31)28-12-3-2-9-23(28)25-29/h2-4,6,8-12,14-15,26H,5,7,13,16H2,1H3. The van der Waals surface area contributed by atoms with Crippen molar-refractivity contribution in [2.24, 2.45) is 0 Å². The van der Waals surface area contributed by atoms with Gasteiger partial charge in [-0.05, 0) is 66.4 Å². The first-order chi connectivity index (χ1) is 16.3. The largest absolute Gasteiger partial charge is 0.350 e. The molecule has 174 valence electrons. The topological polar surface area (TPSA) is 106 Å². The normalized spacial score (nSPS) is 13.6. The number of carbonyl (C=O) groups is 1. The SMILES string of the molecule is CC(=O)N1CCCc2cc(S(=O)(=O)Nc3cccc(Cn4nc5ccccn5c4=O)c3)ccc21. The van der Waals surface area contributed by atoms with Crippen LogP contribution >= 0.6 is 0 Å². The zero-order valence-corrected chi connectivity index (χ0v) is 19.3. The molecule has 0 bridgehead atoms. The van der Waals surface area contributed by atoms with Gasteiger partial charge in [0.25, 0.3) is 10.0 Å². The van der Waals surface area contributed by atoms with Crippen molar-refractivity contribution in [3.63, 3.8) is 0 Å². The summed E-state index contributed by atoms with van der Waals surface area (Å²) in [7, 11) is -3.84. The van der Waals surface area contributed by atoms with E-state index >= 15 is 0 Å². The van der Waals surface area contributed by atoms with Crippen molar-refractivity contribution in [1.29, 1.82) is 0 Å². The number of anilines is 2. The number of fused-ring (bicyclic) bond motifs is 2. The Kier molecular flexibility index (Phi) is 5.45. The van der Waals surface area contributed by atoms with Crippen molar-refractivity contribution in [3.05, 3.63) is 88.5 Å². The molecular weight excluding hydrogens is 454 g/mol. The van der Waals surface area contributed by atoms with E-state index in [1.54, 1.807) is 59.6 Å². The number of pyridine rings is 1. The molecule has 2 aromatic heterocycles. The minimum Gasteiger partial charge on any atom is -0.312 e. The molecule has 10 heteroatoms. The van der Waals surface area contributed by atoms with E-state index in [1.165, 1.54) is 22.1 Å². The van der Waals surface area contributed by atoms with Crippen molar-refractivity contribution in [2.75, 3.05) is 16.2 Å². The number of aryl methyl sites for hydroxylation is 1. The number of sulfonamides is 1. The number of carbonyl (C=O) groups excluding carboxylic acids is 1. The third-order valence-electron chi connectivity index (χ3n) is 5.86. The molecule has 34 heavy (non-hydrogen) atoms. The van der Waals surface area contributed by atoms with Gasteiger partial charge in [0.15, 0.2) is 5.65 Å². The molecule has 1 aliphatic rings. The molecule has 5 rings (SSSR count). The summed E-state index contributed by atoms with van der Waals surface area (Å²) in [4.78, 5) is 26.2. The summed E-state index contributed by atoms with van der Waals surface area (Å²) in [6.07, 6.45) is 3.15. The molecule has 0 spiro atoms. The van der Waals surface area contributed by atoms with Gasteiger partial charge in [-0.3, -0.25) is 13.9 Å². The Labute approximate surface area is 196 Å². The average molecular weight is 478 g/mol. The van der Waals surface area contributed by atoms with Gasteiger partial charge in [0.05, 0.1) is 11.4 Å². The van der Waals surface area contributed by atoms with Crippen LogP contribution in [0.5, 0.6) is 0 Å². The highest BCUT2D eigenvalue weighted by atomic mass is 32.2. The smallest absolute Gasteiger partial charge is 0.312 e. The number of amides is 1. The highest BCUT2D eigenvalue weighted by molar-refractivity contribution is 7.92. The van der Waals surface area contributed by atoms with Crippen molar-refractivity contribution in [3.8, 4) is 0 Å². The fraction of sp³-hybridized carbons (Fsp3) is 0.208. The van der Waals surface area contributed by atoms with E-state index in [2.05, 4.69) is 9.82 Å². The van der Waals surface area contributed by atoms with Gasteiger partial charge in [0.2, 0.25) is 5.91 Å². The highest BCUT2D eigenvalue weighted by Crippen LogP contribution is 2.30. The average Bonchev–Trinajstić information content (AvgIpc) is 3.13. The number of benzene rings is 2. The van der Waals surface area contributed by atoms with Crippen LogP contribution in [0.25, 0.3) is 5.65 Å². The Hall–Kier alpha value is -3.92. The molecule has 2 aromatic carbocycles. The van der Waals surface area contributed by atoms with Gasteiger partial charge in [0.1, 0.15) is 0 Å². The number of rotatable bonds is 5. The van der Waals surface area contributed by atoms with E-state index in [0.29, 0.717) is 24.3 Å². The lowest BCUT2D eigenvalue weighted by molar-refractivity contribution is -0.116. The number of hydrogen-bond donors (Lipinski definition) is 1. The minimum atomic E-state index is -3.84. The Balaban J connectivity index is 1.39. The van der Waals surface area contributed by atoms with Gasteiger partial charge < -0.3 is 4.90 Å². The molecule has 0 radical (unpaired) electrons. The first kappa shape index (κ1) is 21.9. The number of hydrogen-bond acceptors (Lipinski definition) is 5. The molecule has 0 saturated heterocycles. The number of nitrogens with zero attached hydrogens (tertiary/aromatic N) is 4. The van der Waals surface area contributed by atoms with Crippen molar-refractivity contribution >= 4 is 33.0 Å². The van der Waals surface area contributed by atoms with Gasteiger partial charge >= 0.3 is 5.69 Å². The van der Waals surface area contributed by atoms with Crippen LogP contribution < -0.4 is 15.3 Å². The monoisotopic (exact) mass is 477 g/mol. The molecule has 0 saturated carbocycles. The Morgan fingerprint density at radius 1 is 1.09 bits per heavy atom. The van der Waals surface area contributed by atoms with Crippen LogP contribution in [0.1, 0.15) is 24.5 Å². The fourth-order valence-electron chi connectivity index (χ4n) is 4.26. The molecule has 0 atom stereocenters. The maximum absolute atomic E-state index is 13.1. The van der Waals surface area contributed by atoms with Crippen molar-refractivity contribution < 1.29 is 13.2 Å². The Morgan fingerprint density at radius 3 is 2.74 bits per heavy atom. The molecule has 0 aliphatic carbocycles. The second-order valence-electron chi connectivity index (χ2n) is 8.24. The molecule has 1 N–H and O–H groups in total. The predicted molar refractivity (Wildman–Crippen MR) is 129 cm³/mol. The predicted octanol–water partition coefficient (Wildman–Crippen LogP) is 2.64. The van der Waals surface area contributed by atoms with Crippen LogP contribution in [0.2, 0.25) is 0 Å². The molecule has 0 unspecified atom stereocenters. The zero-order valence-electron chi connectivity index (χ0n) is 18.5. The third kappa shape index (κ3) is 4.08. The highest BCUT2D eigenvalue weighted by Gasteiger charge is 2.23. The van der Waals surface area contributed by atoms with E-state index in [-0.39, 0.29) is 23.0 Å². The van der Waals surface area contributed by atoms with Crippen molar-refractivity contribution in [1.82, 2.24) is 14.2 Å². The summed E-state index contributed by atoms with van der Waals surface area (Å²) in [6.45, 7) is 2.35. The summed E-state index contributed by atoms with van der Waals surface area (Å²) in [5.41, 5.74) is 2.99. The molecule has 1 amide bonds. The van der Waals surface area contributed by atoms with E-state index < -0.39 is 10.0 Å². The van der Waals surface area contributed by atoms with Gasteiger partial charge in [-0.2, -0.15) is 0 Å². The number of nitrogens with one attached hydrogen (secondary N) is 1. The molecule has 9 nitrogen and oxygen atoms in total. The summed E-state index contributed by atoms with van der Waals surface area (Å²) in [5, 5.41) is 4.32. The minimum absolute atomic E-state index is 0.0591. The van der Waals surface area contributed by atoms with E-state index in [4.69, 9.17) is 0 Å². The van der Waals surface area contributed by atoms with E-state index in [0.717, 1.165) is 23.2 Å². The quantitative estimate of drug-likeness (QED) is 0.476. The van der Waals surface area contributed by atoms with Crippen LogP contribution in [0.4, 0.5) is 11.4 Å². The Bertz CT molecular complexity index is 1570. The maximum Gasteiger partial charge on any atom is 0.350 e. The van der Waals surface area contributed by atoms with E-state index in [1.807, 2.05) is 6.07 Å². The lowest BCUT2D eigenvalue weighted by Crippen LogP contribution is -2.33. The first-order valence-corrected chi connectivity index (χ1v) is 12.4. The summed E-state index contributed by atoms with van der Waals surface area (Å²) in [5.74, 6) is -0.0591. The maximum atomic E-state index is 13.1. The van der Waals surface area contributed by atoms with E-state index in [9.17, 15) is 18.0 Å². The second-order valence-corrected chi connectivity index (χ2v) is 9.92. The van der Waals surface area contributed by atoms with Crippen LogP contribution in [0.15, 0.2) is 76.6 Å². The fourth-order valence-corrected chi connectivity index (χ4v) is 5.36. The summed E-state index contributed by atoms with van der Waals surface area (Å²) in [6, 6.07) is 17.0. The van der Waals surface area contributed by atoms with Crippen molar-refractivity contribution in [2.45, 2.75) is 31.2 Å². The molecule has 1 aliphatic heterocycles. The second kappa shape index (κ2) is 8.45. The van der Waals surface area contributed by atoms with Gasteiger partial charge in [-0.1, -0.05) is 18.2 Å². The van der Waals surface area contributed by atoms with Crippen LogP contribution in [0.3, 0.4) is 0 Å². The molecule has 4 aromatic rings. The van der Waals surface area contributed by atoms with Crippen LogP contribution in [0, 0.1) is 0 Å². The molecule has 0 fully saturated rings. The van der Waals surface area contributed by atoms with Crippen LogP contribution in [-0.4, -0.2) is 35.1 Å². The van der Waals surface area contributed by atoms with Gasteiger partial charge in [0, 0.05) is 31.0 Å². The zero-order chi connectivity index (χ0) is 23.9. The molecular formula is C24H23N5O4S. The van der Waals surface area contributed by atoms with Gasteiger partial charge in [-0.15, -0.1) is 5.10 Å². The lowest BCUT2D eigenvalue weighted by atomic mass is 10.0. The summed E-state index contributed by atoms with van der Waals surface area (Å²) >= 11 is 0. The third-order valence-corrected chi connectivity index (χ3v) is 7.24. The summed E-state index contributed by atoms with van der Waals surface area (Å²) < 4.78 is 31.6. The number of aromatic nitrogens is 3. The first-order valence-electron chi connectivity index (χ1n) is 10.9. The Morgan fingerprint density at radius 2 is 1.94 bits per heavy atom. The van der Waals surface area contributed by atoms with Crippen LogP contribution in [-0.2, 0) is 27.8 Å². The molecule has 3 heterocycles.